The highest BCUT2D eigenvalue weighted by Gasteiger charge is 2.47. The Morgan fingerprint density at radius 1 is 1.00 bits per heavy atom. The molecule has 7 heteroatoms. The molecule has 6 nitrogen and oxygen atoms in total. The lowest BCUT2D eigenvalue weighted by Crippen LogP contribution is -2.29. The second-order valence-corrected chi connectivity index (χ2v) is 7.37. The number of halogens is 1. The highest BCUT2D eigenvalue weighted by Crippen LogP contribution is 2.42. The van der Waals surface area contributed by atoms with E-state index in [1.54, 1.807) is 48.5 Å². The molecule has 0 radical (unpaired) electrons. The summed E-state index contributed by atoms with van der Waals surface area (Å²) in [7, 11) is 0. The largest absolute Gasteiger partial charge is 0.508 e. The topological polar surface area (TPSA) is 102 Å². The van der Waals surface area contributed by atoms with Crippen LogP contribution in [0.1, 0.15) is 22.7 Å². The number of carbonyl (C=O) groups excluding carboxylic acids is 2. The average molecular weight is 431 g/mol. The Morgan fingerprint density at radius 3 is 2.29 bits per heavy atom. The Morgan fingerprint density at radius 2 is 1.68 bits per heavy atom. The Labute approximate surface area is 182 Å². The third kappa shape index (κ3) is 3.63. The van der Waals surface area contributed by atoms with Gasteiger partial charge in [-0.05, 0) is 66.2 Å². The van der Waals surface area contributed by atoms with E-state index in [-0.39, 0.29) is 17.1 Å². The van der Waals surface area contributed by atoms with Gasteiger partial charge in [0.1, 0.15) is 11.5 Å². The van der Waals surface area contributed by atoms with Gasteiger partial charge in [0.2, 0.25) is 0 Å². The first-order valence-corrected chi connectivity index (χ1v) is 9.64. The van der Waals surface area contributed by atoms with Gasteiger partial charge in [-0.3, -0.25) is 14.5 Å². The van der Waals surface area contributed by atoms with Crippen molar-refractivity contribution in [2.75, 3.05) is 4.90 Å². The summed E-state index contributed by atoms with van der Waals surface area (Å²) in [5, 5.41) is 30.5. The van der Waals surface area contributed by atoms with Gasteiger partial charge in [-0.25, -0.2) is 0 Å². The van der Waals surface area contributed by atoms with Crippen molar-refractivity contribution in [1.82, 2.24) is 0 Å². The van der Waals surface area contributed by atoms with E-state index < -0.39 is 17.7 Å². The highest BCUT2D eigenvalue weighted by atomic mass is 35.5. The summed E-state index contributed by atoms with van der Waals surface area (Å²) in [4.78, 5) is 27.3. The number of amides is 1. The number of hydrogen-bond donors (Lipinski definition) is 2. The minimum absolute atomic E-state index is 0.0468. The molecule has 4 rings (SSSR count). The minimum Gasteiger partial charge on any atom is -0.508 e. The molecular formula is C24H15ClN2O4. The molecule has 1 atom stereocenters. The number of ketones is 1. The number of carbonyl (C=O) groups is 2. The predicted molar refractivity (Wildman–Crippen MR) is 115 cm³/mol. The van der Waals surface area contributed by atoms with Gasteiger partial charge in [-0.2, -0.15) is 5.26 Å². The molecule has 2 N–H and O–H groups in total. The van der Waals surface area contributed by atoms with Crippen molar-refractivity contribution in [3.8, 4) is 11.8 Å². The van der Waals surface area contributed by atoms with Crippen molar-refractivity contribution in [3.05, 3.63) is 100 Å². The molecular weight excluding hydrogens is 416 g/mol. The molecule has 3 aromatic carbocycles. The van der Waals surface area contributed by atoms with Crippen LogP contribution in [0.2, 0.25) is 5.02 Å². The summed E-state index contributed by atoms with van der Waals surface area (Å²) in [6.07, 6.45) is 0. The first-order chi connectivity index (χ1) is 14.9. The molecule has 1 heterocycles. The summed E-state index contributed by atoms with van der Waals surface area (Å²) in [6, 6.07) is 19.6. The number of benzene rings is 3. The van der Waals surface area contributed by atoms with Gasteiger partial charge in [-0.15, -0.1) is 0 Å². The number of hydrogen-bond acceptors (Lipinski definition) is 5. The summed E-state index contributed by atoms with van der Waals surface area (Å²) >= 11 is 5.92. The number of nitrogens with zero attached hydrogens (tertiary/aromatic N) is 2. The van der Waals surface area contributed by atoms with E-state index in [1.165, 1.54) is 29.2 Å². The zero-order chi connectivity index (χ0) is 22.1. The van der Waals surface area contributed by atoms with Crippen molar-refractivity contribution in [1.29, 1.82) is 5.26 Å². The Bertz CT molecular complexity index is 1260. The van der Waals surface area contributed by atoms with Gasteiger partial charge in [0, 0.05) is 16.3 Å². The molecule has 1 unspecified atom stereocenters. The summed E-state index contributed by atoms with van der Waals surface area (Å²) in [5.41, 5.74) is 1.44. The van der Waals surface area contributed by atoms with E-state index in [0.717, 1.165) is 0 Å². The van der Waals surface area contributed by atoms with Crippen molar-refractivity contribution < 1.29 is 19.8 Å². The van der Waals surface area contributed by atoms with E-state index >= 15 is 0 Å². The minimum atomic E-state index is -0.976. The SMILES string of the molecule is N#Cc1ccc(N2C(=O)C(=O)/C(=C(\O)c3ccc(Cl)cc3)C2c2cccc(O)c2)cc1. The van der Waals surface area contributed by atoms with E-state index in [9.17, 15) is 19.8 Å². The number of nitriles is 1. The van der Waals surface area contributed by atoms with Crippen LogP contribution in [0.15, 0.2) is 78.4 Å². The van der Waals surface area contributed by atoms with Crippen molar-refractivity contribution in [2.24, 2.45) is 0 Å². The number of aliphatic hydroxyl groups excluding tert-OH is 1. The predicted octanol–water partition coefficient (Wildman–Crippen LogP) is 4.54. The van der Waals surface area contributed by atoms with Crippen LogP contribution in [0.3, 0.4) is 0 Å². The molecule has 1 amide bonds. The fourth-order valence-electron chi connectivity index (χ4n) is 3.57. The van der Waals surface area contributed by atoms with Crippen molar-refractivity contribution >= 4 is 34.7 Å². The number of aliphatic hydroxyl groups is 1. The van der Waals surface area contributed by atoms with E-state index in [4.69, 9.17) is 16.9 Å². The number of anilines is 1. The molecule has 0 bridgehead atoms. The van der Waals surface area contributed by atoms with Crippen molar-refractivity contribution in [2.45, 2.75) is 6.04 Å². The second-order valence-electron chi connectivity index (χ2n) is 6.93. The molecule has 31 heavy (non-hydrogen) atoms. The molecule has 0 aliphatic carbocycles. The number of phenols is 1. The third-order valence-corrected chi connectivity index (χ3v) is 5.27. The van der Waals surface area contributed by atoms with Crippen LogP contribution in [-0.4, -0.2) is 21.9 Å². The fourth-order valence-corrected chi connectivity index (χ4v) is 3.69. The number of Topliss-reactive ketones (excluding diaryl/α,β-unsaturated/α-hetero) is 1. The molecule has 0 aromatic heterocycles. The normalized spacial score (nSPS) is 17.5. The van der Waals surface area contributed by atoms with Crippen LogP contribution in [0.5, 0.6) is 5.75 Å². The van der Waals surface area contributed by atoms with Gasteiger partial charge in [-0.1, -0.05) is 23.7 Å². The molecule has 1 saturated heterocycles. The van der Waals surface area contributed by atoms with Crippen LogP contribution in [0.4, 0.5) is 5.69 Å². The highest BCUT2D eigenvalue weighted by molar-refractivity contribution is 6.51. The number of phenolic OH excluding ortho intramolecular Hbond substituents is 1. The van der Waals surface area contributed by atoms with Gasteiger partial charge in [0.05, 0.1) is 23.2 Å². The molecule has 152 valence electrons. The van der Waals surface area contributed by atoms with Crippen LogP contribution < -0.4 is 4.90 Å². The Hall–Kier alpha value is -4.08. The number of aromatic hydroxyl groups is 1. The molecule has 1 aliphatic heterocycles. The first kappa shape index (κ1) is 20.2. The van der Waals surface area contributed by atoms with Gasteiger partial charge >= 0.3 is 0 Å². The van der Waals surface area contributed by atoms with Crippen LogP contribution >= 0.6 is 11.6 Å². The monoisotopic (exact) mass is 430 g/mol. The first-order valence-electron chi connectivity index (χ1n) is 9.26. The zero-order valence-corrected chi connectivity index (χ0v) is 16.7. The van der Waals surface area contributed by atoms with Crippen LogP contribution in [0, 0.1) is 11.3 Å². The van der Waals surface area contributed by atoms with E-state index in [1.807, 2.05) is 6.07 Å². The molecule has 0 spiro atoms. The quantitative estimate of drug-likeness (QED) is 0.360. The lowest BCUT2D eigenvalue weighted by molar-refractivity contribution is -0.132. The average Bonchev–Trinajstić information content (AvgIpc) is 3.04. The van der Waals surface area contributed by atoms with E-state index in [0.29, 0.717) is 27.4 Å². The lowest BCUT2D eigenvalue weighted by atomic mass is 9.95. The Balaban J connectivity index is 1.94. The van der Waals surface area contributed by atoms with Gasteiger partial charge in [0.25, 0.3) is 11.7 Å². The lowest BCUT2D eigenvalue weighted by Gasteiger charge is -2.25. The van der Waals surface area contributed by atoms with Crippen LogP contribution in [-0.2, 0) is 9.59 Å². The smallest absolute Gasteiger partial charge is 0.300 e. The zero-order valence-electron chi connectivity index (χ0n) is 16.0. The van der Waals surface area contributed by atoms with Crippen molar-refractivity contribution in [3.63, 3.8) is 0 Å². The summed E-state index contributed by atoms with van der Waals surface area (Å²) in [5.74, 6) is -2.08. The second kappa shape index (κ2) is 7.98. The molecule has 1 fully saturated rings. The van der Waals surface area contributed by atoms with Gasteiger partial charge in [0.15, 0.2) is 0 Å². The van der Waals surface area contributed by atoms with Crippen LogP contribution in [0.25, 0.3) is 5.76 Å². The molecule has 0 saturated carbocycles. The Kier molecular flexibility index (Phi) is 5.20. The van der Waals surface area contributed by atoms with Gasteiger partial charge < -0.3 is 10.2 Å². The number of rotatable bonds is 3. The standard InChI is InChI=1S/C24H15ClN2O4/c25-17-8-6-15(7-9-17)22(29)20-21(16-2-1-3-19(28)12-16)27(24(31)23(20)30)18-10-4-14(13-26)5-11-18/h1-12,21,28-29H/b22-20-. The maximum atomic E-state index is 13.0. The molecule has 1 aliphatic rings. The summed E-state index contributed by atoms with van der Waals surface area (Å²) < 4.78 is 0. The summed E-state index contributed by atoms with van der Waals surface area (Å²) in [6.45, 7) is 0. The maximum Gasteiger partial charge on any atom is 0.300 e. The maximum absolute atomic E-state index is 13.0. The fraction of sp³-hybridized carbons (Fsp3) is 0.0417. The molecule has 3 aromatic rings. The third-order valence-electron chi connectivity index (χ3n) is 5.02. The van der Waals surface area contributed by atoms with E-state index in [2.05, 4.69) is 0 Å².